The van der Waals surface area contributed by atoms with E-state index in [2.05, 4.69) is 20.2 Å². The summed E-state index contributed by atoms with van der Waals surface area (Å²) in [5, 5.41) is 2.81. The smallest absolute Gasteiger partial charge is 0.271 e. The highest BCUT2D eigenvalue weighted by Crippen LogP contribution is 1.91. The summed E-state index contributed by atoms with van der Waals surface area (Å²) < 4.78 is 4.99. The maximum atomic E-state index is 11.6. The molecule has 18 heavy (non-hydrogen) atoms. The number of nitrogens with zero attached hydrogens (tertiary/aromatic N) is 3. The SMILES string of the molecule is COCCN(C)CCCNC(=O)c1cnccn1. The lowest BCUT2D eigenvalue weighted by molar-refractivity contribution is 0.0945. The van der Waals surface area contributed by atoms with Gasteiger partial charge in [-0.2, -0.15) is 0 Å². The molecule has 0 aromatic carbocycles. The molecule has 100 valence electrons. The number of amides is 1. The van der Waals surface area contributed by atoms with Crippen LogP contribution < -0.4 is 5.32 Å². The molecule has 0 fully saturated rings. The standard InChI is InChI=1S/C12H20N4O2/c1-16(8-9-18-2)7-3-4-15-12(17)11-10-13-5-6-14-11/h5-6,10H,3-4,7-9H2,1-2H3,(H,15,17). The minimum absolute atomic E-state index is 0.178. The van der Waals surface area contributed by atoms with Crippen molar-refractivity contribution >= 4 is 5.91 Å². The molecular weight excluding hydrogens is 232 g/mol. The number of hydrogen-bond donors (Lipinski definition) is 1. The molecule has 1 aromatic heterocycles. The molecule has 0 aliphatic rings. The van der Waals surface area contributed by atoms with Crippen molar-refractivity contribution in [3.63, 3.8) is 0 Å². The van der Waals surface area contributed by atoms with E-state index in [0.717, 1.165) is 26.1 Å². The van der Waals surface area contributed by atoms with Crippen LogP contribution >= 0.6 is 0 Å². The molecule has 1 amide bonds. The van der Waals surface area contributed by atoms with Gasteiger partial charge in [-0.1, -0.05) is 0 Å². The van der Waals surface area contributed by atoms with E-state index in [4.69, 9.17) is 4.74 Å². The third-order valence-corrected chi connectivity index (χ3v) is 2.48. The molecule has 0 spiro atoms. The van der Waals surface area contributed by atoms with Gasteiger partial charge in [0.1, 0.15) is 5.69 Å². The third-order valence-electron chi connectivity index (χ3n) is 2.48. The van der Waals surface area contributed by atoms with Gasteiger partial charge in [0, 0.05) is 32.6 Å². The second kappa shape index (κ2) is 8.54. The van der Waals surface area contributed by atoms with Crippen LogP contribution in [-0.2, 0) is 4.74 Å². The van der Waals surface area contributed by atoms with Gasteiger partial charge in [0.2, 0.25) is 0 Å². The normalized spacial score (nSPS) is 10.6. The predicted octanol–water partition coefficient (Wildman–Crippen LogP) is 0.175. The topological polar surface area (TPSA) is 67.3 Å². The van der Waals surface area contributed by atoms with Crippen molar-refractivity contribution in [3.8, 4) is 0 Å². The highest BCUT2D eigenvalue weighted by atomic mass is 16.5. The highest BCUT2D eigenvalue weighted by molar-refractivity contribution is 5.91. The van der Waals surface area contributed by atoms with Crippen LogP contribution in [-0.4, -0.2) is 61.2 Å². The van der Waals surface area contributed by atoms with Gasteiger partial charge >= 0.3 is 0 Å². The van der Waals surface area contributed by atoms with Gasteiger partial charge in [-0.3, -0.25) is 9.78 Å². The highest BCUT2D eigenvalue weighted by Gasteiger charge is 2.05. The molecule has 0 unspecified atom stereocenters. The van der Waals surface area contributed by atoms with Crippen LogP contribution in [0.15, 0.2) is 18.6 Å². The monoisotopic (exact) mass is 252 g/mol. The number of carbonyl (C=O) groups excluding carboxylic acids is 1. The van der Waals surface area contributed by atoms with Gasteiger partial charge in [0.05, 0.1) is 12.8 Å². The largest absolute Gasteiger partial charge is 0.383 e. The lowest BCUT2D eigenvalue weighted by atomic mass is 10.3. The Morgan fingerprint density at radius 3 is 2.94 bits per heavy atom. The minimum atomic E-state index is -0.178. The first-order valence-electron chi connectivity index (χ1n) is 5.95. The molecule has 0 atom stereocenters. The molecule has 0 saturated heterocycles. The van der Waals surface area contributed by atoms with E-state index in [0.29, 0.717) is 12.2 Å². The number of hydrogen-bond acceptors (Lipinski definition) is 5. The van der Waals surface area contributed by atoms with Crippen molar-refractivity contribution in [1.82, 2.24) is 20.2 Å². The average Bonchev–Trinajstić information content (AvgIpc) is 2.42. The van der Waals surface area contributed by atoms with Gasteiger partial charge in [-0.05, 0) is 20.0 Å². The van der Waals surface area contributed by atoms with E-state index in [1.807, 2.05) is 7.05 Å². The van der Waals surface area contributed by atoms with E-state index in [9.17, 15) is 4.79 Å². The molecule has 1 aromatic rings. The third kappa shape index (κ3) is 5.70. The molecule has 0 bridgehead atoms. The summed E-state index contributed by atoms with van der Waals surface area (Å²) in [4.78, 5) is 21.6. The van der Waals surface area contributed by atoms with E-state index in [1.54, 1.807) is 13.3 Å². The van der Waals surface area contributed by atoms with E-state index < -0.39 is 0 Å². The molecule has 0 aliphatic carbocycles. The Balaban J connectivity index is 2.13. The summed E-state index contributed by atoms with van der Waals surface area (Å²) in [5.41, 5.74) is 0.352. The second-order valence-corrected chi connectivity index (χ2v) is 4.00. The number of likely N-dealkylation sites (N-methyl/N-ethyl adjacent to an activating group) is 1. The zero-order valence-electron chi connectivity index (χ0n) is 10.9. The van der Waals surface area contributed by atoms with Gasteiger partial charge in [-0.15, -0.1) is 0 Å². The van der Waals surface area contributed by atoms with Crippen LogP contribution in [0.25, 0.3) is 0 Å². The molecule has 1 rings (SSSR count). The fourth-order valence-electron chi connectivity index (χ4n) is 1.42. The molecule has 1 heterocycles. The number of aromatic nitrogens is 2. The maximum Gasteiger partial charge on any atom is 0.271 e. The van der Waals surface area contributed by atoms with Crippen LogP contribution in [0.5, 0.6) is 0 Å². The summed E-state index contributed by atoms with van der Waals surface area (Å²) in [7, 11) is 3.72. The maximum absolute atomic E-state index is 11.6. The van der Waals surface area contributed by atoms with Crippen molar-refractivity contribution in [2.75, 3.05) is 40.4 Å². The number of rotatable bonds is 8. The van der Waals surface area contributed by atoms with E-state index in [-0.39, 0.29) is 5.91 Å². The Kier molecular flexibility index (Phi) is 6.90. The zero-order chi connectivity index (χ0) is 13.2. The van der Waals surface area contributed by atoms with Crippen molar-refractivity contribution in [1.29, 1.82) is 0 Å². The Morgan fingerprint density at radius 1 is 1.44 bits per heavy atom. The predicted molar refractivity (Wildman–Crippen MR) is 68.4 cm³/mol. The molecule has 0 aliphatic heterocycles. The fraction of sp³-hybridized carbons (Fsp3) is 0.583. The number of ether oxygens (including phenoxy) is 1. The first kappa shape index (κ1) is 14.5. The molecule has 6 nitrogen and oxygen atoms in total. The summed E-state index contributed by atoms with van der Waals surface area (Å²) in [6.45, 7) is 3.17. The Hall–Kier alpha value is -1.53. The average molecular weight is 252 g/mol. The number of nitrogens with one attached hydrogen (secondary N) is 1. The van der Waals surface area contributed by atoms with E-state index in [1.165, 1.54) is 12.4 Å². The van der Waals surface area contributed by atoms with Gasteiger partial charge in [0.25, 0.3) is 5.91 Å². The van der Waals surface area contributed by atoms with Gasteiger partial charge in [0.15, 0.2) is 0 Å². The molecule has 0 radical (unpaired) electrons. The van der Waals surface area contributed by atoms with Crippen LogP contribution in [0.2, 0.25) is 0 Å². The summed E-state index contributed by atoms with van der Waals surface area (Å²) in [5.74, 6) is -0.178. The first-order chi connectivity index (χ1) is 8.74. The van der Waals surface area contributed by atoms with Crippen LogP contribution in [0, 0.1) is 0 Å². The summed E-state index contributed by atoms with van der Waals surface area (Å²) in [6, 6.07) is 0. The lowest BCUT2D eigenvalue weighted by Crippen LogP contribution is -2.30. The van der Waals surface area contributed by atoms with Crippen LogP contribution in [0.3, 0.4) is 0 Å². The molecule has 6 heteroatoms. The molecule has 1 N–H and O–H groups in total. The Labute approximate surface area is 107 Å². The van der Waals surface area contributed by atoms with E-state index >= 15 is 0 Å². The van der Waals surface area contributed by atoms with Crippen molar-refractivity contribution < 1.29 is 9.53 Å². The van der Waals surface area contributed by atoms with Gasteiger partial charge in [-0.25, -0.2) is 4.98 Å². The fourth-order valence-corrected chi connectivity index (χ4v) is 1.42. The minimum Gasteiger partial charge on any atom is -0.383 e. The summed E-state index contributed by atoms with van der Waals surface area (Å²) >= 11 is 0. The van der Waals surface area contributed by atoms with Crippen molar-refractivity contribution in [3.05, 3.63) is 24.3 Å². The number of carbonyl (C=O) groups is 1. The second-order valence-electron chi connectivity index (χ2n) is 4.00. The number of methoxy groups -OCH3 is 1. The zero-order valence-corrected chi connectivity index (χ0v) is 10.9. The van der Waals surface area contributed by atoms with Crippen molar-refractivity contribution in [2.45, 2.75) is 6.42 Å². The Bertz CT molecular complexity index is 345. The summed E-state index contributed by atoms with van der Waals surface area (Å²) in [6.07, 6.45) is 5.40. The quantitative estimate of drug-likeness (QED) is 0.668. The Morgan fingerprint density at radius 2 is 2.28 bits per heavy atom. The van der Waals surface area contributed by atoms with Crippen molar-refractivity contribution in [2.24, 2.45) is 0 Å². The van der Waals surface area contributed by atoms with Gasteiger partial charge < -0.3 is 15.0 Å². The van der Waals surface area contributed by atoms with Crippen LogP contribution in [0.1, 0.15) is 16.9 Å². The lowest BCUT2D eigenvalue weighted by Gasteiger charge is -2.15. The molecular formula is C12H20N4O2. The molecule has 0 saturated carbocycles. The van der Waals surface area contributed by atoms with Crippen LogP contribution in [0.4, 0.5) is 0 Å². The first-order valence-corrected chi connectivity index (χ1v) is 5.95.